The molecule has 1 heterocycles. The summed E-state index contributed by atoms with van der Waals surface area (Å²) in [5.74, 6) is 0.220. The van der Waals surface area contributed by atoms with Gasteiger partial charge < -0.3 is 20.7 Å². The fourth-order valence-electron chi connectivity index (χ4n) is 1.72. The van der Waals surface area contributed by atoms with Crippen LogP contribution in [0.3, 0.4) is 0 Å². The van der Waals surface area contributed by atoms with Crippen LogP contribution in [0, 0.1) is 5.92 Å². The first-order valence-electron chi connectivity index (χ1n) is 5.27. The molecule has 0 aromatic rings. The summed E-state index contributed by atoms with van der Waals surface area (Å²) in [7, 11) is 0. The van der Waals surface area contributed by atoms with Crippen LogP contribution in [-0.2, 0) is 4.74 Å². The van der Waals surface area contributed by atoms with Crippen molar-refractivity contribution in [2.45, 2.75) is 50.1 Å². The van der Waals surface area contributed by atoms with E-state index in [-0.39, 0.29) is 17.4 Å². The third-order valence-corrected chi connectivity index (χ3v) is 3.72. The average molecular weight is 235 g/mol. The van der Waals surface area contributed by atoms with Gasteiger partial charge in [-0.3, -0.25) is 0 Å². The predicted octanol–water partition coefficient (Wildman–Crippen LogP) is 0.169. The highest BCUT2D eigenvalue weighted by molar-refractivity contribution is 7.99. The van der Waals surface area contributed by atoms with Gasteiger partial charge in [0, 0.05) is 12.5 Å². The summed E-state index contributed by atoms with van der Waals surface area (Å²) in [6.45, 7) is 3.96. The van der Waals surface area contributed by atoms with Crippen molar-refractivity contribution in [3.05, 3.63) is 0 Å². The van der Waals surface area contributed by atoms with Crippen LogP contribution < -0.4 is 5.73 Å². The van der Waals surface area contributed by atoms with Crippen molar-refractivity contribution in [3.63, 3.8) is 0 Å². The summed E-state index contributed by atoms with van der Waals surface area (Å²) in [5.41, 5.74) is 5.88. The van der Waals surface area contributed by atoms with Gasteiger partial charge in [-0.1, -0.05) is 13.8 Å². The molecule has 0 unspecified atom stereocenters. The van der Waals surface area contributed by atoms with Crippen LogP contribution in [-0.4, -0.2) is 46.3 Å². The van der Waals surface area contributed by atoms with Crippen molar-refractivity contribution >= 4 is 11.8 Å². The van der Waals surface area contributed by atoms with Gasteiger partial charge in [-0.05, 0) is 12.2 Å². The van der Waals surface area contributed by atoms with E-state index < -0.39 is 18.3 Å². The Hall–Kier alpha value is 0.190. The average Bonchev–Trinajstić information content (AvgIpc) is 2.20. The number of aliphatic hydroxyl groups excluding tert-OH is 2. The first kappa shape index (κ1) is 13.3. The van der Waals surface area contributed by atoms with Gasteiger partial charge in [0.25, 0.3) is 0 Å². The van der Waals surface area contributed by atoms with Crippen molar-refractivity contribution in [1.29, 1.82) is 0 Å². The van der Waals surface area contributed by atoms with Crippen LogP contribution in [0.5, 0.6) is 0 Å². The van der Waals surface area contributed by atoms with Gasteiger partial charge >= 0.3 is 0 Å². The lowest BCUT2D eigenvalue weighted by molar-refractivity contribution is -0.155. The van der Waals surface area contributed by atoms with E-state index in [2.05, 4.69) is 0 Å². The van der Waals surface area contributed by atoms with Gasteiger partial charge in [-0.2, -0.15) is 0 Å². The van der Waals surface area contributed by atoms with Gasteiger partial charge in [0.1, 0.15) is 17.6 Å². The molecule has 4 nitrogen and oxygen atoms in total. The Morgan fingerprint density at radius 3 is 2.47 bits per heavy atom. The fraction of sp³-hybridized carbons (Fsp3) is 1.00. The summed E-state index contributed by atoms with van der Waals surface area (Å²) < 4.78 is 5.67. The van der Waals surface area contributed by atoms with Crippen molar-refractivity contribution in [2.24, 2.45) is 11.7 Å². The summed E-state index contributed by atoms with van der Waals surface area (Å²) in [6.07, 6.45) is 0.319. The molecule has 0 aromatic heterocycles. The van der Waals surface area contributed by atoms with Crippen molar-refractivity contribution in [3.8, 4) is 0 Å². The largest absolute Gasteiger partial charge is 0.390 e. The Balaban J connectivity index is 2.68. The molecular formula is C10H21NO3S. The molecule has 5 atom stereocenters. The zero-order chi connectivity index (χ0) is 11.6. The lowest BCUT2D eigenvalue weighted by atomic mass is 9.91. The molecule has 5 heteroatoms. The van der Waals surface area contributed by atoms with Crippen molar-refractivity contribution in [1.82, 2.24) is 0 Å². The Kier molecular flexibility index (Phi) is 4.86. The molecule has 1 saturated heterocycles. The Morgan fingerprint density at radius 2 is 2.00 bits per heavy atom. The van der Waals surface area contributed by atoms with E-state index in [1.807, 2.05) is 20.1 Å². The van der Waals surface area contributed by atoms with E-state index in [9.17, 15) is 10.2 Å². The molecule has 0 amide bonds. The van der Waals surface area contributed by atoms with Crippen molar-refractivity contribution < 1.29 is 14.9 Å². The number of rotatable bonds is 3. The van der Waals surface area contributed by atoms with E-state index in [4.69, 9.17) is 10.5 Å². The molecule has 0 aliphatic carbocycles. The first-order valence-corrected chi connectivity index (χ1v) is 6.56. The van der Waals surface area contributed by atoms with Crippen molar-refractivity contribution in [2.75, 3.05) is 6.26 Å². The second-order valence-corrected chi connectivity index (χ2v) is 5.38. The summed E-state index contributed by atoms with van der Waals surface area (Å²) in [6, 6.07) is -0.246. The summed E-state index contributed by atoms with van der Waals surface area (Å²) in [4.78, 5) is 0. The molecule has 1 aliphatic heterocycles. The maximum absolute atomic E-state index is 9.81. The molecule has 0 bridgehead atoms. The van der Waals surface area contributed by atoms with E-state index in [1.54, 1.807) is 0 Å². The molecule has 1 rings (SSSR count). The summed E-state index contributed by atoms with van der Waals surface area (Å²) in [5, 5.41) is 19.5. The van der Waals surface area contributed by atoms with Gasteiger partial charge in [-0.25, -0.2) is 0 Å². The minimum atomic E-state index is -0.870. The number of hydrogen-bond acceptors (Lipinski definition) is 5. The minimum Gasteiger partial charge on any atom is -0.390 e. The molecule has 0 saturated carbocycles. The highest BCUT2D eigenvalue weighted by Gasteiger charge is 2.40. The van der Waals surface area contributed by atoms with E-state index >= 15 is 0 Å². The zero-order valence-corrected chi connectivity index (χ0v) is 10.3. The number of nitrogens with two attached hydrogens (primary N) is 1. The third kappa shape index (κ3) is 3.07. The van der Waals surface area contributed by atoms with Crippen LogP contribution in [0.4, 0.5) is 0 Å². The van der Waals surface area contributed by atoms with Crippen LogP contribution >= 0.6 is 11.8 Å². The van der Waals surface area contributed by atoms with E-state index in [0.29, 0.717) is 6.42 Å². The highest BCUT2D eigenvalue weighted by atomic mass is 32.2. The Bertz CT molecular complexity index is 199. The summed E-state index contributed by atoms with van der Waals surface area (Å²) >= 11 is 1.54. The lowest BCUT2D eigenvalue weighted by Gasteiger charge is -2.40. The molecule has 4 N–H and O–H groups in total. The number of thioether (sulfide) groups is 1. The highest BCUT2D eigenvalue weighted by Crippen LogP contribution is 2.28. The monoisotopic (exact) mass is 235 g/mol. The second-order valence-electron chi connectivity index (χ2n) is 4.38. The van der Waals surface area contributed by atoms with Gasteiger partial charge in [0.2, 0.25) is 0 Å². The molecule has 15 heavy (non-hydrogen) atoms. The number of aliphatic hydroxyl groups is 2. The normalized spacial score (nSPS) is 39.4. The molecule has 0 spiro atoms. The van der Waals surface area contributed by atoms with Crippen LogP contribution in [0.2, 0.25) is 0 Å². The fourth-order valence-corrected chi connectivity index (χ4v) is 2.35. The van der Waals surface area contributed by atoms with Gasteiger partial charge in [0.05, 0.1) is 6.10 Å². The molecular weight excluding hydrogens is 214 g/mol. The number of ether oxygens (including phenoxy) is 1. The molecule has 1 fully saturated rings. The van der Waals surface area contributed by atoms with Crippen LogP contribution in [0.1, 0.15) is 20.3 Å². The lowest BCUT2D eigenvalue weighted by Crippen LogP contribution is -2.56. The number of hydrogen-bond donors (Lipinski definition) is 3. The van der Waals surface area contributed by atoms with E-state index in [1.165, 1.54) is 11.8 Å². The van der Waals surface area contributed by atoms with Crippen LogP contribution in [0.25, 0.3) is 0 Å². The predicted molar refractivity (Wildman–Crippen MR) is 61.6 cm³/mol. The second kappa shape index (κ2) is 5.50. The van der Waals surface area contributed by atoms with Gasteiger partial charge in [-0.15, -0.1) is 11.8 Å². The van der Waals surface area contributed by atoms with Gasteiger partial charge in [0.15, 0.2) is 0 Å². The molecule has 0 radical (unpaired) electrons. The maximum Gasteiger partial charge on any atom is 0.108 e. The smallest absolute Gasteiger partial charge is 0.108 e. The SMILES string of the molecule is CS[C@@H]1C[C@@H](O)[C@@H](O)[C@@H]([C@H](N)C(C)C)O1. The minimum absolute atomic E-state index is 0.0711. The Morgan fingerprint density at radius 1 is 1.40 bits per heavy atom. The van der Waals surface area contributed by atoms with Crippen LogP contribution in [0.15, 0.2) is 0 Å². The topological polar surface area (TPSA) is 75.7 Å². The maximum atomic E-state index is 9.81. The van der Waals surface area contributed by atoms with E-state index in [0.717, 1.165) is 0 Å². The standard InChI is InChI=1S/C10H21NO3S/c1-5(2)8(11)10-9(13)6(12)4-7(14-10)15-3/h5-10,12-13H,4,11H2,1-3H3/t6-,7-,8-,9-,10-/m1/s1. The first-order chi connectivity index (χ1) is 6.97. The Labute approximate surface area is 95.2 Å². The molecule has 1 aliphatic rings. The zero-order valence-electron chi connectivity index (χ0n) is 9.46. The quantitative estimate of drug-likeness (QED) is 0.650. The molecule has 90 valence electrons. The molecule has 0 aromatic carbocycles. The third-order valence-electron chi connectivity index (χ3n) is 2.89.